The van der Waals surface area contributed by atoms with Gasteiger partial charge in [0.05, 0.1) is 17.0 Å². The first-order valence-corrected chi connectivity index (χ1v) is 3.75. The Labute approximate surface area is 78.3 Å². The molecule has 14 heavy (non-hydrogen) atoms. The minimum absolute atomic E-state index is 0.0204. The summed E-state index contributed by atoms with van der Waals surface area (Å²) in [6.07, 6.45) is -4.43. The second kappa shape index (κ2) is 3.41. The van der Waals surface area contributed by atoms with Crippen molar-refractivity contribution in [1.82, 2.24) is 9.97 Å². The molecule has 1 rings (SSSR count). The lowest BCUT2D eigenvalue weighted by atomic mass is 10.1. The molecule has 0 radical (unpaired) electrons. The van der Waals surface area contributed by atoms with Gasteiger partial charge in [-0.3, -0.25) is 5.43 Å². The van der Waals surface area contributed by atoms with Gasteiger partial charge in [-0.1, -0.05) is 0 Å². The molecular formula is C7H9F3N4. The number of rotatable bonds is 1. The number of hydrogen-bond donors (Lipinski definition) is 2. The molecule has 7 heteroatoms. The summed E-state index contributed by atoms with van der Waals surface area (Å²) in [5.41, 5.74) is 1.01. The maximum atomic E-state index is 12.4. The zero-order valence-corrected chi connectivity index (χ0v) is 7.61. The molecular weight excluding hydrogens is 197 g/mol. The largest absolute Gasteiger partial charge is 0.419 e. The Hall–Kier alpha value is -1.37. The number of hydrazine groups is 1. The van der Waals surface area contributed by atoms with Gasteiger partial charge in [0.1, 0.15) is 0 Å². The number of halogens is 3. The lowest BCUT2D eigenvalue weighted by Crippen LogP contribution is -2.17. The molecule has 0 saturated carbocycles. The molecule has 0 amide bonds. The van der Waals surface area contributed by atoms with Crippen molar-refractivity contribution in [3.05, 3.63) is 17.0 Å². The van der Waals surface area contributed by atoms with E-state index in [1.165, 1.54) is 13.8 Å². The average molecular weight is 206 g/mol. The van der Waals surface area contributed by atoms with Crippen molar-refractivity contribution in [1.29, 1.82) is 0 Å². The minimum atomic E-state index is -4.43. The predicted octanol–water partition coefficient (Wildman–Crippen LogP) is 1.40. The van der Waals surface area contributed by atoms with Crippen molar-refractivity contribution in [2.75, 3.05) is 5.43 Å². The molecule has 0 fully saturated rings. The van der Waals surface area contributed by atoms with E-state index in [2.05, 4.69) is 15.4 Å². The second-order valence-electron chi connectivity index (χ2n) is 2.74. The topological polar surface area (TPSA) is 63.8 Å². The van der Waals surface area contributed by atoms with Crippen molar-refractivity contribution in [3.63, 3.8) is 0 Å². The van der Waals surface area contributed by atoms with Crippen LogP contribution in [0.2, 0.25) is 0 Å². The molecule has 78 valence electrons. The smallest absolute Gasteiger partial charge is 0.292 e. The van der Waals surface area contributed by atoms with E-state index in [1.807, 2.05) is 0 Å². The molecule has 4 nitrogen and oxygen atoms in total. The highest BCUT2D eigenvalue weighted by Crippen LogP contribution is 2.33. The molecule has 0 aromatic carbocycles. The summed E-state index contributed by atoms with van der Waals surface area (Å²) in [4.78, 5) is 7.10. The number of nitrogens with zero attached hydrogens (tertiary/aromatic N) is 2. The summed E-state index contributed by atoms with van der Waals surface area (Å²) < 4.78 is 37.2. The number of anilines is 1. The fourth-order valence-electron chi connectivity index (χ4n) is 1.19. The van der Waals surface area contributed by atoms with Crippen LogP contribution in [-0.4, -0.2) is 9.97 Å². The standard InChI is InChI=1S/C7H9F3N4/c1-3-5(7(8,9)10)4(2)13-6(12-3)14-11/h11H2,1-2H3,(H,12,13,14). The van der Waals surface area contributed by atoms with E-state index in [0.29, 0.717) is 0 Å². The van der Waals surface area contributed by atoms with E-state index in [1.54, 1.807) is 0 Å². The fourth-order valence-corrected chi connectivity index (χ4v) is 1.19. The Bertz CT molecular complexity index is 324. The van der Waals surface area contributed by atoms with Crippen LogP contribution in [0.25, 0.3) is 0 Å². The molecule has 3 N–H and O–H groups in total. The summed E-state index contributed by atoms with van der Waals surface area (Å²) in [7, 11) is 0. The summed E-state index contributed by atoms with van der Waals surface area (Å²) in [6, 6.07) is 0. The van der Waals surface area contributed by atoms with Gasteiger partial charge in [0.25, 0.3) is 0 Å². The Kier molecular flexibility index (Phi) is 2.61. The van der Waals surface area contributed by atoms with Crippen LogP contribution in [0.15, 0.2) is 0 Å². The number of nitrogens with two attached hydrogens (primary N) is 1. The molecule has 0 aliphatic carbocycles. The SMILES string of the molecule is Cc1nc(NN)nc(C)c1C(F)(F)F. The molecule has 0 aliphatic heterocycles. The molecule has 1 heterocycles. The first-order valence-electron chi connectivity index (χ1n) is 3.75. The quantitative estimate of drug-likeness (QED) is 0.538. The third-order valence-electron chi connectivity index (χ3n) is 1.68. The van der Waals surface area contributed by atoms with E-state index >= 15 is 0 Å². The second-order valence-corrected chi connectivity index (χ2v) is 2.74. The van der Waals surface area contributed by atoms with Crippen LogP contribution >= 0.6 is 0 Å². The lowest BCUT2D eigenvalue weighted by Gasteiger charge is -2.12. The normalized spacial score (nSPS) is 11.6. The van der Waals surface area contributed by atoms with E-state index in [-0.39, 0.29) is 17.3 Å². The Morgan fingerprint density at radius 1 is 1.14 bits per heavy atom. The van der Waals surface area contributed by atoms with Gasteiger partial charge < -0.3 is 0 Å². The molecule has 0 spiro atoms. The average Bonchev–Trinajstić information content (AvgIpc) is 1.99. The Morgan fingerprint density at radius 3 is 1.86 bits per heavy atom. The number of aryl methyl sites for hydroxylation is 2. The third-order valence-corrected chi connectivity index (χ3v) is 1.68. The van der Waals surface area contributed by atoms with Gasteiger partial charge in [-0.15, -0.1) is 0 Å². The van der Waals surface area contributed by atoms with Gasteiger partial charge in [0.15, 0.2) is 0 Å². The molecule has 0 atom stereocenters. The summed E-state index contributed by atoms with van der Waals surface area (Å²) in [5, 5.41) is 0. The summed E-state index contributed by atoms with van der Waals surface area (Å²) >= 11 is 0. The Balaban J connectivity index is 3.33. The number of alkyl halides is 3. The highest BCUT2D eigenvalue weighted by Gasteiger charge is 2.35. The highest BCUT2D eigenvalue weighted by atomic mass is 19.4. The van der Waals surface area contributed by atoms with E-state index < -0.39 is 11.7 Å². The van der Waals surface area contributed by atoms with Crippen molar-refractivity contribution in [3.8, 4) is 0 Å². The van der Waals surface area contributed by atoms with Gasteiger partial charge in [-0.2, -0.15) is 13.2 Å². The summed E-state index contributed by atoms with van der Waals surface area (Å²) in [5.74, 6) is 4.97. The lowest BCUT2D eigenvalue weighted by molar-refractivity contribution is -0.139. The molecule has 0 aliphatic rings. The molecule has 1 aromatic heterocycles. The molecule has 1 aromatic rings. The van der Waals surface area contributed by atoms with Crippen LogP contribution < -0.4 is 11.3 Å². The predicted molar refractivity (Wildman–Crippen MR) is 44.3 cm³/mol. The maximum absolute atomic E-state index is 12.4. The van der Waals surface area contributed by atoms with Crippen molar-refractivity contribution in [2.24, 2.45) is 5.84 Å². The first-order chi connectivity index (χ1) is 6.36. The zero-order chi connectivity index (χ0) is 10.9. The van der Waals surface area contributed by atoms with E-state index in [0.717, 1.165) is 0 Å². The third kappa shape index (κ3) is 1.92. The van der Waals surface area contributed by atoms with Gasteiger partial charge in [-0.25, -0.2) is 15.8 Å². The maximum Gasteiger partial charge on any atom is 0.419 e. The zero-order valence-electron chi connectivity index (χ0n) is 7.61. The van der Waals surface area contributed by atoms with Gasteiger partial charge in [-0.05, 0) is 13.8 Å². The number of aromatic nitrogens is 2. The number of nitrogen functional groups attached to an aromatic ring is 1. The number of hydrogen-bond acceptors (Lipinski definition) is 4. The van der Waals surface area contributed by atoms with Crippen molar-refractivity contribution in [2.45, 2.75) is 20.0 Å². The minimum Gasteiger partial charge on any atom is -0.292 e. The monoisotopic (exact) mass is 206 g/mol. The van der Waals surface area contributed by atoms with Crippen LogP contribution in [0.1, 0.15) is 17.0 Å². The molecule has 0 bridgehead atoms. The van der Waals surface area contributed by atoms with Gasteiger partial charge >= 0.3 is 6.18 Å². The Morgan fingerprint density at radius 2 is 1.57 bits per heavy atom. The van der Waals surface area contributed by atoms with Crippen LogP contribution in [0.3, 0.4) is 0 Å². The van der Waals surface area contributed by atoms with Crippen LogP contribution in [0, 0.1) is 13.8 Å². The van der Waals surface area contributed by atoms with Crippen molar-refractivity contribution >= 4 is 5.95 Å². The van der Waals surface area contributed by atoms with Gasteiger partial charge in [0, 0.05) is 0 Å². The van der Waals surface area contributed by atoms with Crippen LogP contribution in [-0.2, 0) is 6.18 Å². The fraction of sp³-hybridized carbons (Fsp3) is 0.429. The summed E-state index contributed by atoms with van der Waals surface area (Å²) in [6.45, 7) is 2.52. The van der Waals surface area contributed by atoms with Gasteiger partial charge in [0.2, 0.25) is 5.95 Å². The van der Waals surface area contributed by atoms with Crippen LogP contribution in [0.5, 0.6) is 0 Å². The van der Waals surface area contributed by atoms with E-state index in [9.17, 15) is 13.2 Å². The number of nitrogens with one attached hydrogen (secondary N) is 1. The molecule has 0 saturated heterocycles. The van der Waals surface area contributed by atoms with E-state index in [4.69, 9.17) is 5.84 Å². The van der Waals surface area contributed by atoms with Crippen molar-refractivity contribution < 1.29 is 13.2 Å². The van der Waals surface area contributed by atoms with Crippen LogP contribution in [0.4, 0.5) is 19.1 Å². The highest BCUT2D eigenvalue weighted by molar-refractivity contribution is 5.34. The molecule has 0 unspecified atom stereocenters. The first kappa shape index (κ1) is 10.7.